The van der Waals surface area contributed by atoms with Gasteiger partial charge in [-0.2, -0.15) is 5.10 Å². The number of hydrogen-bond acceptors (Lipinski definition) is 6. The van der Waals surface area contributed by atoms with Gasteiger partial charge in [0.2, 0.25) is 0 Å². The van der Waals surface area contributed by atoms with Crippen molar-refractivity contribution in [3.8, 4) is 5.75 Å². The van der Waals surface area contributed by atoms with Crippen molar-refractivity contribution in [2.45, 2.75) is 79.7 Å². The highest BCUT2D eigenvalue weighted by Gasteiger charge is 2.22. The molecule has 10 nitrogen and oxygen atoms in total. The molecule has 1 aliphatic carbocycles. The Morgan fingerprint density at radius 2 is 1.93 bits per heavy atom. The molecule has 0 bridgehead atoms. The van der Waals surface area contributed by atoms with Crippen LogP contribution in [-0.4, -0.2) is 38.9 Å². The number of nitrogens with zero attached hydrogens (tertiary/aromatic N) is 3. The lowest BCUT2D eigenvalue weighted by Crippen LogP contribution is -2.27. The molecule has 1 aliphatic heterocycles. The topological polar surface area (TPSA) is 141 Å². The minimum absolute atomic E-state index is 0.0198. The van der Waals surface area contributed by atoms with Crippen LogP contribution in [0.15, 0.2) is 36.5 Å². The number of anilines is 1. The minimum Gasteiger partial charge on any atom is -0.482 e. The van der Waals surface area contributed by atoms with E-state index in [0.29, 0.717) is 22.5 Å². The number of ether oxygens (including phenoxy) is 1. The third kappa shape index (κ3) is 8.53. The number of nitrogens with one attached hydrogen (secondary N) is 2. The Bertz CT molecular complexity index is 1330. The number of rotatable bonds is 4. The van der Waals surface area contributed by atoms with E-state index in [2.05, 4.69) is 55.3 Å². The molecule has 5 rings (SSSR count). The second-order valence-corrected chi connectivity index (χ2v) is 11.2. The van der Waals surface area contributed by atoms with Crippen LogP contribution in [0.1, 0.15) is 99.7 Å². The fourth-order valence-electron chi connectivity index (χ4n) is 4.55. The summed E-state index contributed by atoms with van der Waals surface area (Å²) in [5, 5.41) is 9.38. The van der Waals surface area contributed by atoms with E-state index in [4.69, 9.17) is 10.5 Å². The summed E-state index contributed by atoms with van der Waals surface area (Å²) in [5.41, 5.74) is 7.74. The zero-order valence-corrected chi connectivity index (χ0v) is 24.3. The molecule has 2 aliphatic rings. The van der Waals surface area contributed by atoms with Crippen LogP contribution in [0.2, 0.25) is 0 Å². The zero-order chi connectivity index (χ0) is 29.3. The number of carbonyl (C=O) groups excluding carboxylic acids is 3. The molecule has 1 aromatic carbocycles. The van der Waals surface area contributed by atoms with Crippen LogP contribution in [0.25, 0.3) is 5.65 Å². The first-order valence-corrected chi connectivity index (χ1v) is 14.0. The van der Waals surface area contributed by atoms with Gasteiger partial charge in [-0.05, 0) is 41.9 Å². The minimum atomic E-state index is -0.717. The molecule has 40 heavy (non-hydrogen) atoms. The fourth-order valence-corrected chi connectivity index (χ4v) is 4.55. The Hall–Kier alpha value is -3.95. The van der Waals surface area contributed by atoms with E-state index in [0.717, 1.165) is 11.5 Å². The molecule has 0 saturated heterocycles. The summed E-state index contributed by atoms with van der Waals surface area (Å²) in [4.78, 5) is 39.6. The van der Waals surface area contributed by atoms with Crippen molar-refractivity contribution in [3.05, 3.63) is 53.5 Å². The van der Waals surface area contributed by atoms with E-state index in [1.165, 1.54) is 55.3 Å². The number of amides is 3. The summed E-state index contributed by atoms with van der Waals surface area (Å²) in [7, 11) is 0. The lowest BCUT2D eigenvalue weighted by molar-refractivity contribution is -0.118. The van der Waals surface area contributed by atoms with E-state index in [1.54, 1.807) is 24.3 Å². The van der Waals surface area contributed by atoms with Crippen LogP contribution in [-0.2, 0) is 11.3 Å². The molecule has 10 heteroatoms. The largest absolute Gasteiger partial charge is 0.482 e. The van der Waals surface area contributed by atoms with Gasteiger partial charge in [0.1, 0.15) is 17.1 Å². The number of aromatic nitrogens is 3. The van der Waals surface area contributed by atoms with Crippen molar-refractivity contribution >= 4 is 29.1 Å². The van der Waals surface area contributed by atoms with Gasteiger partial charge < -0.3 is 21.1 Å². The van der Waals surface area contributed by atoms with E-state index < -0.39 is 11.8 Å². The number of nitrogens with two attached hydrogens (primary N) is 1. The molecule has 3 aromatic rings. The number of fused-ring (bicyclic) bond motifs is 2. The molecule has 4 N–H and O–H groups in total. The van der Waals surface area contributed by atoms with Gasteiger partial charge in [-0.25, -0.2) is 9.50 Å². The first-order chi connectivity index (χ1) is 19.0. The second kappa shape index (κ2) is 13.9. The third-order valence-electron chi connectivity index (χ3n) is 6.84. The Labute approximate surface area is 236 Å². The molecule has 3 heterocycles. The zero-order valence-electron chi connectivity index (χ0n) is 24.3. The normalized spacial score (nSPS) is 17.4. The predicted molar refractivity (Wildman–Crippen MR) is 155 cm³/mol. The number of carbonyl (C=O) groups is 3. The summed E-state index contributed by atoms with van der Waals surface area (Å²) >= 11 is 0. The van der Waals surface area contributed by atoms with Crippen molar-refractivity contribution in [1.82, 2.24) is 19.9 Å². The van der Waals surface area contributed by atoms with Crippen molar-refractivity contribution in [2.75, 3.05) is 11.9 Å². The van der Waals surface area contributed by atoms with Gasteiger partial charge in [-0.1, -0.05) is 66.4 Å². The molecule has 0 spiro atoms. The average molecular weight is 551 g/mol. The monoisotopic (exact) mass is 550 g/mol. The summed E-state index contributed by atoms with van der Waals surface area (Å²) in [6, 6.07) is 8.07. The Morgan fingerprint density at radius 3 is 2.65 bits per heavy atom. The standard InChI is InChI=1S/C17H14N6O4.C10H20.C3H8/c18-16(25)12-6-11(21-14-3-4-20-23(12)14)17(26)19-7-9-1-2-13-10(5-9)22-15(24)8-27-13;1-9-5-4-7-10(2,3)8-6-9;1-3-2/h1-6H,7-8H2,(H2,18,25)(H,19,26)(H,22,24);9H,4-8H2,1-3H3;3H2,1-2H3. The number of hydrogen-bond donors (Lipinski definition) is 3. The Balaban J connectivity index is 0.000000283. The number of primary amides is 1. The van der Waals surface area contributed by atoms with E-state index >= 15 is 0 Å². The van der Waals surface area contributed by atoms with Crippen LogP contribution in [0.4, 0.5) is 5.69 Å². The van der Waals surface area contributed by atoms with Gasteiger partial charge in [0.05, 0.1) is 11.9 Å². The van der Waals surface area contributed by atoms with Gasteiger partial charge in [0.25, 0.3) is 17.7 Å². The average Bonchev–Trinajstić information content (AvgIpc) is 3.33. The maximum absolute atomic E-state index is 12.4. The van der Waals surface area contributed by atoms with Crippen LogP contribution in [0.5, 0.6) is 5.75 Å². The number of benzene rings is 1. The first-order valence-electron chi connectivity index (χ1n) is 14.0. The smallest absolute Gasteiger partial charge is 0.270 e. The van der Waals surface area contributed by atoms with Crippen LogP contribution in [0.3, 0.4) is 0 Å². The Morgan fingerprint density at radius 1 is 1.18 bits per heavy atom. The van der Waals surface area contributed by atoms with Gasteiger partial charge in [-0.15, -0.1) is 0 Å². The molecule has 1 unspecified atom stereocenters. The molecular formula is C30H42N6O4. The molecular weight excluding hydrogens is 508 g/mol. The molecule has 3 amide bonds. The van der Waals surface area contributed by atoms with Crippen LogP contribution in [0, 0.1) is 11.3 Å². The predicted octanol–water partition coefficient (Wildman–Crippen LogP) is 5.12. The van der Waals surface area contributed by atoms with Crippen molar-refractivity contribution in [3.63, 3.8) is 0 Å². The molecule has 1 atom stereocenters. The molecule has 1 fully saturated rings. The van der Waals surface area contributed by atoms with Crippen molar-refractivity contribution < 1.29 is 19.1 Å². The maximum atomic E-state index is 12.4. The van der Waals surface area contributed by atoms with E-state index in [1.807, 2.05) is 0 Å². The van der Waals surface area contributed by atoms with Gasteiger partial charge in [0.15, 0.2) is 12.3 Å². The van der Waals surface area contributed by atoms with Crippen LogP contribution >= 0.6 is 0 Å². The van der Waals surface area contributed by atoms with Gasteiger partial charge >= 0.3 is 0 Å². The molecule has 216 valence electrons. The quantitative estimate of drug-likeness (QED) is 0.385. The molecule has 2 aromatic heterocycles. The second-order valence-electron chi connectivity index (χ2n) is 11.2. The summed E-state index contributed by atoms with van der Waals surface area (Å²) in [6.07, 6.45) is 9.95. The first kappa shape index (κ1) is 30.6. The molecule has 0 radical (unpaired) electrons. The lowest BCUT2D eigenvalue weighted by Gasteiger charge is -2.21. The maximum Gasteiger partial charge on any atom is 0.270 e. The highest BCUT2D eigenvalue weighted by atomic mass is 16.5. The van der Waals surface area contributed by atoms with Crippen molar-refractivity contribution in [1.29, 1.82) is 0 Å². The summed E-state index contributed by atoms with van der Waals surface area (Å²) < 4.78 is 6.56. The highest BCUT2D eigenvalue weighted by Crippen LogP contribution is 2.35. The van der Waals surface area contributed by atoms with E-state index in [9.17, 15) is 14.4 Å². The van der Waals surface area contributed by atoms with Crippen molar-refractivity contribution in [2.24, 2.45) is 17.1 Å². The molecule has 1 saturated carbocycles. The van der Waals surface area contributed by atoms with E-state index in [-0.39, 0.29) is 30.4 Å². The van der Waals surface area contributed by atoms with Gasteiger partial charge in [0, 0.05) is 18.7 Å². The summed E-state index contributed by atoms with van der Waals surface area (Å²) in [5.74, 6) is 0.135. The third-order valence-corrected chi connectivity index (χ3v) is 6.84. The highest BCUT2D eigenvalue weighted by molar-refractivity contribution is 5.98. The fraction of sp³-hybridized carbons (Fsp3) is 0.500. The van der Waals surface area contributed by atoms with Gasteiger partial charge in [-0.3, -0.25) is 14.4 Å². The summed E-state index contributed by atoms with van der Waals surface area (Å²) in [6.45, 7) is 11.6. The SMILES string of the molecule is CC1CCCC(C)(C)CC1.CCC.NC(=O)c1cc(C(=O)NCc2ccc3c(c2)NC(=O)CO3)nc2ccnn12. The van der Waals surface area contributed by atoms with Crippen LogP contribution < -0.4 is 21.1 Å². The Kier molecular flexibility index (Phi) is 10.6. The lowest BCUT2D eigenvalue weighted by atomic mass is 9.85.